The second-order valence-electron chi connectivity index (χ2n) is 7.04. The summed E-state index contributed by atoms with van der Waals surface area (Å²) in [6.45, 7) is 1.88. The van der Waals surface area contributed by atoms with Crippen molar-refractivity contribution in [3.63, 3.8) is 0 Å². The Morgan fingerprint density at radius 3 is 2.39 bits per heavy atom. The van der Waals surface area contributed by atoms with Crippen LogP contribution in [-0.2, 0) is 11.2 Å². The van der Waals surface area contributed by atoms with Crippen LogP contribution in [0.3, 0.4) is 0 Å². The number of ether oxygens (including phenoxy) is 2. The van der Waals surface area contributed by atoms with Crippen LogP contribution in [0.15, 0.2) is 53.7 Å². The van der Waals surface area contributed by atoms with Crippen molar-refractivity contribution >= 4 is 23.3 Å². The lowest BCUT2D eigenvalue weighted by atomic mass is 9.93. The van der Waals surface area contributed by atoms with Gasteiger partial charge >= 0.3 is 5.97 Å². The molecule has 0 amide bonds. The molecule has 0 aliphatic rings. The zero-order chi connectivity index (χ0) is 22.6. The van der Waals surface area contributed by atoms with Gasteiger partial charge < -0.3 is 24.9 Å². The maximum atomic E-state index is 10.8. The first-order valence-corrected chi connectivity index (χ1v) is 10.7. The zero-order valence-corrected chi connectivity index (χ0v) is 18.2. The normalized spacial score (nSPS) is 13.5. The van der Waals surface area contributed by atoms with E-state index in [2.05, 4.69) is 5.16 Å². The highest BCUT2D eigenvalue weighted by atomic mass is 35.5. The fourth-order valence-corrected chi connectivity index (χ4v) is 3.34. The summed E-state index contributed by atoms with van der Waals surface area (Å²) in [5, 5.41) is 31.4. The molecule has 0 fully saturated rings. The Kier molecular flexibility index (Phi) is 10.1. The van der Waals surface area contributed by atoms with Crippen LogP contribution in [0.2, 0.25) is 0 Å². The standard InChI is InChI=1S/C23H28ClNO6/c1-2-4-18(15-26)23(25-29)17-5-3-6-20(14-17)31-22(11-12-24)30-19-9-7-16(8-10-19)13-21(27)28/h3,5-10,14,18,22,26,29H,2,4,11-13,15H2,1H3,(H,27,28)/b25-23-. The number of halogens is 1. The molecule has 2 rings (SSSR count). The zero-order valence-electron chi connectivity index (χ0n) is 17.4. The average molecular weight is 450 g/mol. The third-order valence-corrected chi connectivity index (χ3v) is 4.86. The van der Waals surface area contributed by atoms with Gasteiger partial charge in [-0.2, -0.15) is 0 Å². The number of aliphatic carboxylic acids is 1. The van der Waals surface area contributed by atoms with Gasteiger partial charge in [0.15, 0.2) is 0 Å². The molecule has 0 aliphatic heterocycles. The van der Waals surface area contributed by atoms with E-state index in [1.54, 1.807) is 48.5 Å². The topological polar surface area (TPSA) is 109 Å². The molecule has 0 aliphatic carbocycles. The van der Waals surface area contributed by atoms with E-state index in [0.717, 1.165) is 6.42 Å². The highest BCUT2D eigenvalue weighted by molar-refractivity contribution is 6.17. The van der Waals surface area contributed by atoms with Crippen molar-refractivity contribution in [2.45, 2.75) is 38.9 Å². The Labute approximate surface area is 186 Å². The second kappa shape index (κ2) is 12.8. The number of hydrogen-bond acceptors (Lipinski definition) is 6. The summed E-state index contributed by atoms with van der Waals surface area (Å²) in [5.41, 5.74) is 1.72. The number of aliphatic hydroxyl groups excluding tert-OH is 1. The van der Waals surface area contributed by atoms with Crippen LogP contribution in [0.5, 0.6) is 11.5 Å². The lowest BCUT2D eigenvalue weighted by Crippen LogP contribution is -2.25. The van der Waals surface area contributed by atoms with Gasteiger partial charge in [-0.3, -0.25) is 4.79 Å². The molecule has 2 atom stereocenters. The molecule has 3 N–H and O–H groups in total. The first-order valence-electron chi connectivity index (χ1n) is 10.1. The molecule has 0 radical (unpaired) electrons. The van der Waals surface area contributed by atoms with Gasteiger partial charge in [0.25, 0.3) is 0 Å². The van der Waals surface area contributed by atoms with Gasteiger partial charge in [0.2, 0.25) is 6.29 Å². The van der Waals surface area contributed by atoms with Crippen LogP contribution in [0.1, 0.15) is 37.3 Å². The number of rotatable bonds is 13. The van der Waals surface area contributed by atoms with Crippen LogP contribution in [-0.4, -0.2) is 45.9 Å². The fourth-order valence-electron chi connectivity index (χ4n) is 3.16. The summed E-state index contributed by atoms with van der Waals surface area (Å²) in [4.78, 5) is 10.8. The lowest BCUT2D eigenvalue weighted by molar-refractivity contribution is -0.136. The molecule has 2 aromatic rings. The van der Waals surface area contributed by atoms with Crippen LogP contribution < -0.4 is 9.47 Å². The van der Waals surface area contributed by atoms with E-state index in [1.165, 1.54) is 0 Å². The minimum Gasteiger partial charge on any atom is -0.481 e. The SMILES string of the molecule is CCCC(CO)/C(=N\O)c1cccc(OC(CCCl)Oc2ccc(CC(=O)O)cc2)c1. The molecule has 2 unspecified atom stereocenters. The third kappa shape index (κ3) is 7.77. The monoisotopic (exact) mass is 449 g/mol. The van der Waals surface area contributed by atoms with Crippen molar-refractivity contribution in [2.24, 2.45) is 11.1 Å². The van der Waals surface area contributed by atoms with Gasteiger partial charge in [-0.1, -0.05) is 42.8 Å². The molecular formula is C23H28ClNO6. The van der Waals surface area contributed by atoms with E-state index in [0.29, 0.717) is 47.1 Å². The average Bonchev–Trinajstić information content (AvgIpc) is 2.75. The highest BCUT2D eigenvalue weighted by Crippen LogP contribution is 2.23. The van der Waals surface area contributed by atoms with E-state index in [4.69, 9.17) is 26.2 Å². The van der Waals surface area contributed by atoms with Crippen LogP contribution >= 0.6 is 11.6 Å². The Morgan fingerprint density at radius 1 is 1.10 bits per heavy atom. The smallest absolute Gasteiger partial charge is 0.307 e. The molecule has 0 aromatic heterocycles. The molecule has 0 heterocycles. The number of oxime groups is 1. The van der Waals surface area contributed by atoms with Crippen LogP contribution in [0, 0.1) is 5.92 Å². The number of carbonyl (C=O) groups is 1. The minimum atomic E-state index is -0.898. The molecule has 31 heavy (non-hydrogen) atoms. The summed E-state index contributed by atoms with van der Waals surface area (Å²) in [6.07, 6.45) is 1.22. The largest absolute Gasteiger partial charge is 0.481 e. The van der Waals surface area contributed by atoms with Crippen molar-refractivity contribution in [2.75, 3.05) is 12.5 Å². The number of hydrogen-bond donors (Lipinski definition) is 3. The number of benzene rings is 2. The van der Waals surface area contributed by atoms with E-state index in [9.17, 15) is 15.1 Å². The summed E-state index contributed by atoms with van der Waals surface area (Å²) >= 11 is 5.91. The molecule has 0 saturated carbocycles. The first-order chi connectivity index (χ1) is 15.0. The summed E-state index contributed by atoms with van der Waals surface area (Å²) < 4.78 is 11.8. The predicted octanol–water partition coefficient (Wildman–Crippen LogP) is 4.31. The Balaban J connectivity index is 2.14. The molecule has 0 bridgehead atoms. The molecule has 168 valence electrons. The van der Waals surface area contributed by atoms with E-state index in [-0.39, 0.29) is 18.9 Å². The van der Waals surface area contributed by atoms with E-state index < -0.39 is 12.3 Å². The number of nitrogens with zero attached hydrogens (tertiary/aromatic N) is 1. The van der Waals surface area contributed by atoms with Gasteiger partial charge in [0.05, 0.1) is 18.7 Å². The van der Waals surface area contributed by atoms with Crippen LogP contribution in [0.25, 0.3) is 0 Å². The molecular weight excluding hydrogens is 422 g/mol. The quantitative estimate of drug-likeness (QED) is 0.138. The van der Waals surface area contributed by atoms with E-state index in [1.807, 2.05) is 6.92 Å². The third-order valence-electron chi connectivity index (χ3n) is 4.64. The van der Waals surface area contributed by atoms with Crippen molar-refractivity contribution in [3.8, 4) is 11.5 Å². The second-order valence-corrected chi connectivity index (χ2v) is 7.42. The maximum absolute atomic E-state index is 10.8. The van der Waals surface area contributed by atoms with Crippen molar-refractivity contribution in [1.29, 1.82) is 0 Å². The molecule has 7 nitrogen and oxygen atoms in total. The number of aliphatic hydroxyl groups is 1. The van der Waals surface area contributed by atoms with Crippen molar-refractivity contribution in [3.05, 3.63) is 59.7 Å². The predicted molar refractivity (Wildman–Crippen MR) is 118 cm³/mol. The lowest BCUT2D eigenvalue weighted by Gasteiger charge is -2.21. The Hall–Kier alpha value is -2.77. The van der Waals surface area contributed by atoms with Gasteiger partial charge in [-0.15, -0.1) is 11.6 Å². The van der Waals surface area contributed by atoms with Gasteiger partial charge in [-0.25, -0.2) is 0 Å². The molecule has 8 heteroatoms. The summed E-state index contributed by atoms with van der Waals surface area (Å²) in [5.74, 6) is 0.175. The summed E-state index contributed by atoms with van der Waals surface area (Å²) in [7, 11) is 0. The van der Waals surface area contributed by atoms with Gasteiger partial charge in [0.1, 0.15) is 11.5 Å². The van der Waals surface area contributed by atoms with E-state index >= 15 is 0 Å². The molecule has 0 saturated heterocycles. The Bertz CT molecular complexity index is 855. The highest BCUT2D eigenvalue weighted by Gasteiger charge is 2.19. The Morgan fingerprint density at radius 2 is 1.81 bits per heavy atom. The first kappa shape index (κ1) is 24.5. The minimum absolute atomic E-state index is 0.0592. The number of carboxylic acid groups (broad SMARTS) is 1. The van der Waals surface area contributed by atoms with Gasteiger partial charge in [0, 0.05) is 23.8 Å². The fraction of sp³-hybridized carbons (Fsp3) is 0.391. The van der Waals surface area contributed by atoms with Gasteiger partial charge in [-0.05, 0) is 36.2 Å². The maximum Gasteiger partial charge on any atom is 0.307 e. The van der Waals surface area contributed by atoms with Crippen molar-refractivity contribution < 1.29 is 29.7 Å². The van der Waals surface area contributed by atoms with Crippen LogP contribution in [0.4, 0.5) is 0 Å². The number of carboxylic acids is 1. The molecule has 2 aromatic carbocycles. The number of alkyl halides is 1. The molecule has 0 spiro atoms. The summed E-state index contributed by atoms with van der Waals surface area (Å²) in [6, 6.07) is 13.8. The van der Waals surface area contributed by atoms with Crippen molar-refractivity contribution in [1.82, 2.24) is 0 Å².